The lowest BCUT2D eigenvalue weighted by molar-refractivity contribution is -0.139. The number of hydrogen-bond donors (Lipinski definition) is 2. The van der Waals surface area contributed by atoms with E-state index >= 15 is 0 Å². The van der Waals surface area contributed by atoms with Gasteiger partial charge in [0.15, 0.2) is 34.8 Å². The van der Waals surface area contributed by atoms with E-state index < -0.39 is 69.4 Å². The topological polar surface area (TPSA) is 103 Å². The first-order valence-electron chi connectivity index (χ1n) is 11.0. The number of methoxy groups -OCH3 is 4. The standard InChI is InChI=1S/C26H22F5NO7/c1-36-14-7-5-11(10-16(14)38-3)9-13(26(34)35)32-25(33)18-15(37-2)8-6-12(24(18)39-4)17-19(27)21(29)23(31)22(30)20(17)28/h5-8,10,13H,9H2,1-4H3,(H,32,33)(H,34,35)/t13-/m0/s1. The van der Waals surface area contributed by atoms with Crippen molar-refractivity contribution in [3.05, 3.63) is 70.5 Å². The molecule has 0 aromatic heterocycles. The van der Waals surface area contributed by atoms with Crippen molar-refractivity contribution in [2.75, 3.05) is 28.4 Å². The van der Waals surface area contributed by atoms with E-state index in [9.17, 15) is 36.6 Å². The van der Waals surface area contributed by atoms with Crippen LogP contribution in [0.15, 0.2) is 30.3 Å². The van der Waals surface area contributed by atoms with Crippen molar-refractivity contribution in [1.29, 1.82) is 0 Å². The van der Waals surface area contributed by atoms with Crippen LogP contribution in [0.1, 0.15) is 15.9 Å². The summed E-state index contributed by atoms with van der Waals surface area (Å²) in [5.74, 6) is -13.8. The van der Waals surface area contributed by atoms with Crippen molar-refractivity contribution >= 4 is 11.9 Å². The van der Waals surface area contributed by atoms with E-state index in [0.717, 1.165) is 26.4 Å². The Morgan fingerprint density at radius 2 is 1.31 bits per heavy atom. The average molecular weight is 555 g/mol. The maximum absolute atomic E-state index is 14.6. The van der Waals surface area contributed by atoms with Gasteiger partial charge in [-0.1, -0.05) is 6.07 Å². The smallest absolute Gasteiger partial charge is 0.326 e. The van der Waals surface area contributed by atoms with Crippen LogP contribution in [0, 0.1) is 29.1 Å². The fraction of sp³-hybridized carbons (Fsp3) is 0.231. The third-order valence-corrected chi connectivity index (χ3v) is 5.74. The van der Waals surface area contributed by atoms with Crippen molar-refractivity contribution in [2.24, 2.45) is 0 Å². The van der Waals surface area contributed by atoms with E-state index in [1.807, 2.05) is 0 Å². The van der Waals surface area contributed by atoms with E-state index in [-0.39, 0.29) is 12.2 Å². The fourth-order valence-corrected chi connectivity index (χ4v) is 3.87. The highest BCUT2D eigenvalue weighted by molar-refractivity contribution is 6.03. The first-order chi connectivity index (χ1) is 18.5. The van der Waals surface area contributed by atoms with Crippen LogP contribution in [-0.2, 0) is 11.2 Å². The summed E-state index contributed by atoms with van der Waals surface area (Å²) in [5.41, 5.74) is -2.11. The molecule has 0 aliphatic carbocycles. The number of benzene rings is 3. The minimum atomic E-state index is -2.36. The molecule has 0 saturated carbocycles. The Balaban J connectivity index is 2.09. The van der Waals surface area contributed by atoms with Crippen LogP contribution in [-0.4, -0.2) is 51.5 Å². The van der Waals surface area contributed by atoms with Crippen LogP contribution in [0.5, 0.6) is 23.0 Å². The number of carbonyl (C=O) groups excluding carboxylic acids is 1. The number of ether oxygens (including phenoxy) is 4. The van der Waals surface area contributed by atoms with Gasteiger partial charge in [0.1, 0.15) is 23.1 Å². The Morgan fingerprint density at radius 3 is 1.82 bits per heavy atom. The molecule has 3 aromatic carbocycles. The SMILES string of the molecule is COc1ccc(C[C@H](NC(=O)c2c(OC)ccc(-c3c(F)c(F)c(F)c(F)c3F)c2OC)C(=O)O)cc1OC. The first kappa shape index (κ1) is 29.0. The Morgan fingerprint density at radius 1 is 0.769 bits per heavy atom. The molecule has 0 bridgehead atoms. The summed E-state index contributed by atoms with van der Waals surface area (Å²) < 4.78 is 91.2. The number of rotatable bonds is 10. The second kappa shape index (κ2) is 11.9. The van der Waals surface area contributed by atoms with Crippen molar-refractivity contribution in [1.82, 2.24) is 5.32 Å². The lowest BCUT2D eigenvalue weighted by atomic mass is 9.97. The van der Waals surface area contributed by atoms with Crippen LogP contribution < -0.4 is 24.3 Å². The molecule has 3 aromatic rings. The zero-order valence-corrected chi connectivity index (χ0v) is 21.0. The first-order valence-corrected chi connectivity index (χ1v) is 11.0. The molecule has 0 aliphatic heterocycles. The highest BCUT2D eigenvalue weighted by Crippen LogP contribution is 2.42. The van der Waals surface area contributed by atoms with E-state index in [2.05, 4.69) is 5.32 Å². The number of aliphatic carboxylic acids is 1. The minimum Gasteiger partial charge on any atom is -0.496 e. The molecule has 1 atom stereocenters. The average Bonchev–Trinajstić information content (AvgIpc) is 2.93. The van der Waals surface area contributed by atoms with Gasteiger partial charge in [0.2, 0.25) is 5.82 Å². The molecule has 1 amide bonds. The Kier molecular flexibility index (Phi) is 8.84. The number of carbonyl (C=O) groups is 2. The Labute approximate surface area is 218 Å². The summed E-state index contributed by atoms with van der Waals surface area (Å²) >= 11 is 0. The van der Waals surface area contributed by atoms with E-state index in [0.29, 0.717) is 17.1 Å². The highest BCUT2D eigenvalue weighted by atomic mass is 19.2. The van der Waals surface area contributed by atoms with Gasteiger partial charge in [-0.15, -0.1) is 0 Å². The molecule has 39 heavy (non-hydrogen) atoms. The second-order valence-electron chi connectivity index (χ2n) is 7.93. The monoisotopic (exact) mass is 555 g/mol. The minimum absolute atomic E-state index is 0.229. The van der Waals surface area contributed by atoms with Crippen molar-refractivity contribution in [2.45, 2.75) is 12.5 Å². The van der Waals surface area contributed by atoms with Gasteiger partial charge in [-0.05, 0) is 29.8 Å². The van der Waals surface area contributed by atoms with E-state index in [4.69, 9.17) is 18.9 Å². The third kappa shape index (κ3) is 5.52. The van der Waals surface area contributed by atoms with Crippen molar-refractivity contribution in [3.8, 4) is 34.1 Å². The predicted octanol–water partition coefficient (Wildman–Crippen LogP) is 4.51. The predicted molar refractivity (Wildman–Crippen MR) is 127 cm³/mol. The number of hydrogen-bond acceptors (Lipinski definition) is 6. The largest absolute Gasteiger partial charge is 0.496 e. The number of nitrogens with one attached hydrogen (secondary N) is 1. The van der Waals surface area contributed by atoms with Gasteiger partial charge >= 0.3 is 5.97 Å². The number of amides is 1. The van der Waals surface area contributed by atoms with Gasteiger partial charge < -0.3 is 29.4 Å². The fourth-order valence-electron chi connectivity index (χ4n) is 3.87. The molecule has 2 N–H and O–H groups in total. The zero-order valence-electron chi connectivity index (χ0n) is 21.0. The van der Waals surface area contributed by atoms with Gasteiger partial charge in [0, 0.05) is 12.0 Å². The lowest BCUT2D eigenvalue weighted by Crippen LogP contribution is -2.42. The Bertz CT molecular complexity index is 1400. The van der Waals surface area contributed by atoms with E-state index in [1.165, 1.54) is 26.4 Å². The van der Waals surface area contributed by atoms with Crippen LogP contribution in [0.4, 0.5) is 22.0 Å². The Hall–Kier alpha value is -4.55. The number of halogens is 5. The number of carboxylic acid groups (broad SMARTS) is 1. The van der Waals surface area contributed by atoms with E-state index in [1.54, 1.807) is 6.07 Å². The molecular weight excluding hydrogens is 533 g/mol. The zero-order chi connectivity index (χ0) is 29.0. The van der Waals surface area contributed by atoms with Gasteiger partial charge in [0.25, 0.3) is 5.91 Å². The van der Waals surface area contributed by atoms with Gasteiger partial charge in [0.05, 0.1) is 34.0 Å². The molecule has 13 heteroatoms. The molecule has 208 valence electrons. The summed E-state index contributed by atoms with van der Waals surface area (Å²) in [6, 6.07) is 5.03. The molecule has 0 aliphatic rings. The molecule has 0 fully saturated rings. The summed E-state index contributed by atoms with van der Waals surface area (Å²) in [6.45, 7) is 0. The van der Waals surface area contributed by atoms with Gasteiger partial charge in [-0.3, -0.25) is 4.79 Å². The molecule has 3 rings (SSSR count). The maximum atomic E-state index is 14.6. The third-order valence-electron chi connectivity index (χ3n) is 5.74. The summed E-state index contributed by atoms with van der Waals surface area (Å²) in [7, 11) is 4.93. The molecule has 0 saturated heterocycles. The molecule has 0 spiro atoms. The molecule has 8 nitrogen and oxygen atoms in total. The molecule has 0 heterocycles. The molecule has 0 radical (unpaired) electrons. The lowest BCUT2D eigenvalue weighted by Gasteiger charge is -2.20. The maximum Gasteiger partial charge on any atom is 0.326 e. The molecule has 0 unspecified atom stereocenters. The van der Waals surface area contributed by atoms with Crippen LogP contribution in [0.25, 0.3) is 11.1 Å². The van der Waals surface area contributed by atoms with Crippen LogP contribution in [0.3, 0.4) is 0 Å². The second-order valence-corrected chi connectivity index (χ2v) is 7.93. The van der Waals surface area contributed by atoms with Crippen molar-refractivity contribution < 1.29 is 55.6 Å². The molecular formula is C26H22F5NO7. The van der Waals surface area contributed by atoms with Gasteiger partial charge in [-0.2, -0.15) is 0 Å². The summed E-state index contributed by atoms with van der Waals surface area (Å²) in [5, 5.41) is 12.0. The summed E-state index contributed by atoms with van der Waals surface area (Å²) in [6.07, 6.45) is -0.233. The highest BCUT2D eigenvalue weighted by Gasteiger charge is 2.32. The van der Waals surface area contributed by atoms with Gasteiger partial charge in [-0.25, -0.2) is 26.7 Å². The quantitative estimate of drug-likeness (QED) is 0.216. The number of carboxylic acids is 1. The summed E-state index contributed by atoms with van der Waals surface area (Å²) in [4.78, 5) is 25.3. The van der Waals surface area contributed by atoms with Crippen molar-refractivity contribution in [3.63, 3.8) is 0 Å². The van der Waals surface area contributed by atoms with Crippen LogP contribution >= 0.6 is 0 Å². The normalized spacial score (nSPS) is 11.5. The van der Waals surface area contributed by atoms with Crippen LogP contribution in [0.2, 0.25) is 0 Å².